The van der Waals surface area contributed by atoms with E-state index in [1.54, 1.807) is 14.2 Å². The average molecular weight is 376 g/mol. The van der Waals surface area contributed by atoms with Gasteiger partial charge in [0.1, 0.15) is 0 Å². The van der Waals surface area contributed by atoms with Gasteiger partial charge in [-0.2, -0.15) is 0 Å². The van der Waals surface area contributed by atoms with E-state index >= 15 is 0 Å². The van der Waals surface area contributed by atoms with Crippen LogP contribution in [0.1, 0.15) is 18.9 Å². The highest BCUT2D eigenvalue weighted by Crippen LogP contribution is 2.24. The van der Waals surface area contributed by atoms with Crippen molar-refractivity contribution in [3.63, 3.8) is 0 Å². The average Bonchev–Trinajstić information content (AvgIpc) is 2.44. The van der Waals surface area contributed by atoms with Gasteiger partial charge in [-0.05, 0) is 35.1 Å². The maximum atomic E-state index is 10.3. The largest absolute Gasteiger partial charge is 0.388 e. The Bertz CT molecular complexity index is 399. The molecule has 4 heteroatoms. The molecule has 0 aliphatic rings. The van der Waals surface area contributed by atoms with Gasteiger partial charge in [0.2, 0.25) is 0 Å². The van der Waals surface area contributed by atoms with Crippen LogP contribution < -0.4 is 0 Å². The molecule has 1 aromatic rings. The maximum absolute atomic E-state index is 10.3. The molecule has 1 atom stereocenters. The number of aliphatic hydroxyl groups excluding tert-OH is 1. The molecule has 1 aromatic carbocycles. The van der Waals surface area contributed by atoms with Gasteiger partial charge in [-0.1, -0.05) is 35.9 Å². The first-order chi connectivity index (χ1) is 9.08. The molecule has 0 heterocycles. The minimum Gasteiger partial charge on any atom is -0.388 e. The summed E-state index contributed by atoms with van der Waals surface area (Å²) in [5.74, 6) is 0. The summed E-state index contributed by atoms with van der Waals surface area (Å²) in [6, 6.07) is 9.99. The van der Waals surface area contributed by atoms with Crippen LogP contribution in [0.4, 0.5) is 0 Å². The maximum Gasteiger partial charge on any atom is 0.160 e. The standard InChI is InChI=1S/C15H21IO3/c1-11(9-14(18-2)19-3)15(16)13(17)10-12-7-5-4-6-8-12/h4-8,13-14,17H,9-10H2,1-3H3/b15-11+. The molecule has 0 radical (unpaired) electrons. The van der Waals surface area contributed by atoms with Crippen molar-refractivity contribution in [2.75, 3.05) is 14.2 Å². The van der Waals surface area contributed by atoms with Crippen LogP contribution in [-0.4, -0.2) is 31.7 Å². The highest BCUT2D eigenvalue weighted by atomic mass is 127. The molecule has 3 nitrogen and oxygen atoms in total. The Hall–Kier alpha value is -0.430. The summed E-state index contributed by atoms with van der Waals surface area (Å²) in [5, 5.41) is 10.3. The fraction of sp³-hybridized carbons (Fsp3) is 0.467. The second-order valence-electron chi connectivity index (χ2n) is 4.44. The summed E-state index contributed by atoms with van der Waals surface area (Å²) < 4.78 is 11.3. The molecule has 0 fully saturated rings. The van der Waals surface area contributed by atoms with Crippen molar-refractivity contribution < 1.29 is 14.6 Å². The van der Waals surface area contributed by atoms with Gasteiger partial charge in [0.25, 0.3) is 0 Å². The molecule has 0 aliphatic carbocycles. The van der Waals surface area contributed by atoms with Crippen molar-refractivity contribution in [3.05, 3.63) is 45.0 Å². The van der Waals surface area contributed by atoms with Crippen molar-refractivity contribution in [2.45, 2.75) is 32.2 Å². The number of rotatable bonds is 7. The number of benzene rings is 1. The van der Waals surface area contributed by atoms with Crippen LogP contribution in [0.25, 0.3) is 0 Å². The lowest BCUT2D eigenvalue weighted by Gasteiger charge is -2.17. The van der Waals surface area contributed by atoms with Crippen LogP contribution in [0.15, 0.2) is 39.5 Å². The van der Waals surface area contributed by atoms with E-state index < -0.39 is 6.10 Å². The highest BCUT2D eigenvalue weighted by Gasteiger charge is 2.15. The predicted octanol–water partition coefficient (Wildman–Crippen LogP) is 3.31. The molecule has 19 heavy (non-hydrogen) atoms. The van der Waals surface area contributed by atoms with Crippen molar-refractivity contribution >= 4 is 22.6 Å². The Kier molecular flexibility index (Phi) is 7.60. The Morgan fingerprint density at radius 2 is 1.79 bits per heavy atom. The first kappa shape index (κ1) is 16.6. The van der Waals surface area contributed by atoms with E-state index in [2.05, 4.69) is 22.6 Å². The van der Waals surface area contributed by atoms with Gasteiger partial charge in [-0.15, -0.1) is 0 Å². The van der Waals surface area contributed by atoms with E-state index in [4.69, 9.17) is 9.47 Å². The Morgan fingerprint density at radius 3 is 2.32 bits per heavy atom. The number of hydrogen-bond donors (Lipinski definition) is 1. The van der Waals surface area contributed by atoms with E-state index in [0.717, 1.165) is 14.7 Å². The van der Waals surface area contributed by atoms with Gasteiger partial charge < -0.3 is 14.6 Å². The van der Waals surface area contributed by atoms with Crippen molar-refractivity contribution in [3.8, 4) is 0 Å². The van der Waals surface area contributed by atoms with E-state index in [9.17, 15) is 5.11 Å². The minimum absolute atomic E-state index is 0.256. The quantitative estimate of drug-likeness (QED) is 0.586. The molecule has 1 unspecified atom stereocenters. The second-order valence-corrected chi connectivity index (χ2v) is 5.60. The van der Waals surface area contributed by atoms with E-state index in [-0.39, 0.29) is 6.29 Å². The zero-order chi connectivity index (χ0) is 14.3. The third-order valence-corrected chi connectivity index (χ3v) is 4.61. The van der Waals surface area contributed by atoms with Crippen LogP contribution >= 0.6 is 22.6 Å². The fourth-order valence-electron chi connectivity index (χ4n) is 1.82. The van der Waals surface area contributed by atoms with Gasteiger partial charge in [-0.3, -0.25) is 0 Å². The molecule has 0 saturated heterocycles. The van der Waals surface area contributed by atoms with Crippen LogP contribution in [-0.2, 0) is 15.9 Å². The van der Waals surface area contributed by atoms with Crippen molar-refractivity contribution in [1.82, 2.24) is 0 Å². The number of aliphatic hydroxyl groups is 1. The van der Waals surface area contributed by atoms with Crippen molar-refractivity contribution in [1.29, 1.82) is 0 Å². The number of hydrogen-bond acceptors (Lipinski definition) is 3. The summed E-state index contributed by atoms with van der Waals surface area (Å²) in [6.45, 7) is 2.00. The molecule has 0 spiro atoms. The third-order valence-electron chi connectivity index (χ3n) is 2.97. The number of halogens is 1. The molecule has 0 aliphatic heterocycles. The minimum atomic E-state index is -0.475. The summed E-state index contributed by atoms with van der Waals surface area (Å²) in [5.41, 5.74) is 2.23. The predicted molar refractivity (Wildman–Crippen MR) is 85.3 cm³/mol. The molecule has 0 bridgehead atoms. The molecule has 1 rings (SSSR count). The van der Waals surface area contributed by atoms with E-state index in [1.807, 2.05) is 37.3 Å². The lowest BCUT2D eigenvalue weighted by molar-refractivity contribution is -0.100. The zero-order valence-electron chi connectivity index (χ0n) is 11.6. The van der Waals surface area contributed by atoms with E-state index in [0.29, 0.717) is 12.8 Å². The van der Waals surface area contributed by atoms with Gasteiger partial charge >= 0.3 is 0 Å². The van der Waals surface area contributed by atoms with Crippen LogP contribution in [0.5, 0.6) is 0 Å². The van der Waals surface area contributed by atoms with Crippen LogP contribution in [0, 0.1) is 0 Å². The molecular formula is C15H21IO3. The SMILES string of the molecule is COC(C/C(C)=C(/I)C(O)Cc1ccccc1)OC. The fourth-order valence-corrected chi connectivity index (χ4v) is 2.26. The lowest BCUT2D eigenvalue weighted by Crippen LogP contribution is -2.16. The summed E-state index contributed by atoms with van der Waals surface area (Å²) >= 11 is 2.20. The highest BCUT2D eigenvalue weighted by molar-refractivity contribution is 14.1. The first-order valence-electron chi connectivity index (χ1n) is 6.21. The van der Waals surface area contributed by atoms with Crippen LogP contribution in [0.2, 0.25) is 0 Å². The summed E-state index contributed by atoms with van der Waals surface area (Å²) in [6.07, 6.45) is 0.559. The number of methoxy groups -OCH3 is 2. The van der Waals surface area contributed by atoms with Gasteiger partial charge in [0, 0.05) is 30.6 Å². The first-order valence-corrected chi connectivity index (χ1v) is 7.29. The smallest absolute Gasteiger partial charge is 0.160 e. The number of ether oxygens (including phenoxy) is 2. The molecule has 0 saturated carbocycles. The zero-order valence-corrected chi connectivity index (χ0v) is 13.8. The van der Waals surface area contributed by atoms with E-state index in [1.165, 1.54) is 0 Å². The lowest BCUT2D eigenvalue weighted by atomic mass is 10.0. The molecule has 0 amide bonds. The molecular weight excluding hydrogens is 355 g/mol. The Labute approximate surface area is 128 Å². The van der Waals surface area contributed by atoms with Gasteiger partial charge in [0.15, 0.2) is 6.29 Å². The third kappa shape index (κ3) is 5.60. The van der Waals surface area contributed by atoms with Gasteiger partial charge in [-0.25, -0.2) is 0 Å². The topological polar surface area (TPSA) is 38.7 Å². The van der Waals surface area contributed by atoms with Crippen molar-refractivity contribution in [2.24, 2.45) is 0 Å². The second kappa shape index (κ2) is 8.68. The Balaban J connectivity index is 2.66. The normalized spacial score (nSPS) is 14.4. The molecule has 1 N–H and O–H groups in total. The Morgan fingerprint density at radius 1 is 1.21 bits per heavy atom. The summed E-state index contributed by atoms with van der Waals surface area (Å²) in [4.78, 5) is 0. The molecule has 0 aromatic heterocycles. The molecule has 106 valence electrons. The van der Waals surface area contributed by atoms with Gasteiger partial charge in [0.05, 0.1) is 6.10 Å². The van der Waals surface area contributed by atoms with Crippen LogP contribution in [0.3, 0.4) is 0 Å². The summed E-state index contributed by atoms with van der Waals surface area (Å²) in [7, 11) is 3.24. The monoisotopic (exact) mass is 376 g/mol.